The number of rotatable bonds is 8. The Balaban J connectivity index is 2.67. The topological polar surface area (TPSA) is 215 Å². The summed E-state index contributed by atoms with van der Waals surface area (Å²) in [4.78, 5) is 35.0. The maximum atomic E-state index is 11.5. The average molecular weight is 401 g/mol. The van der Waals surface area contributed by atoms with Gasteiger partial charge in [-0.05, 0) is 6.92 Å². The van der Waals surface area contributed by atoms with E-state index in [4.69, 9.17) is 25.2 Å². The molecule has 1 fully saturated rings. The molecule has 0 radical (unpaired) electrons. The molecule has 0 aromatic heterocycles. The van der Waals surface area contributed by atoms with Gasteiger partial charge in [-0.3, -0.25) is 4.52 Å². The predicted molar refractivity (Wildman–Crippen MR) is 72.8 cm³/mol. The van der Waals surface area contributed by atoms with E-state index in [2.05, 4.69) is 13.1 Å². The predicted octanol–water partition coefficient (Wildman–Crippen LogP) is -0.803. The quantitative estimate of drug-likeness (QED) is 0.275. The molecule has 0 aromatic rings. The molecule has 0 bridgehead atoms. The Morgan fingerprint density at radius 1 is 1.17 bits per heavy atom. The molecular weight excluding hydrogens is 383 g/mol. The largest absolute Gasteiger partial charge is 0.490 e. The molecule has 16 heteroatoms. The van der Waals surface area contributed by atoms with E-state index in [-0.39, 0.29) is 13.0 Å². The molecule has 1 rings (SSSR count). The van der Waals surface area contributed by atoms with Gasteiger partial charge < -0.3 is 35.2 Å². The molecular formula is C7H18NO12P3. The number of phosphoric ester groups is 1. The fourth-order valence-corrected chi connectivity index (χ4v) is 4.98. The summed E-state index contributed by atoms with van der Waals surface area (Å²) in [5, 5.41) is 10.1. The zero-order valence-electron chi connectivity index (χ0n) is 11.8. The molecule has 7 N–H and O–H groups in total. The first-order chi connectivity index (χ1) is 10.2. The lowest BCUT2D eigenvalue weighted by Gasteiger charge is -2.27. The number of nitrogens with two attached hydrogens (primary N) is 1. The summed E-state index contributed by atoms with van der Waals surface area (Å²) in [5.74, 6) is 0. The molecule has 0 aromatic carbocycles. The van der Waals surface area contributed by atoms with Gasteiger partial charge in [0.15, 0.2) is 0 Å². The summed E-state index contributed by atoms with van der Waals surface area (Å²) >= 11 is 0. The van der Waals surface area contributed by atoms with Crippen LogP contribution in [0.25, 0.3) is 0 Å². The number of hydrogen-bond acceptors (Lipinski definition) is 9. The molecule has 23 heavy (non-hydrogen) atoms. The van der Waals surface area contributed by atoms with E-state index in [9.17, 15) is 23.7 Å². The van der Waals surface area contributed by atoms with Crippen LogP contribution < -0.4 is 5.73 Å². The van der Waals surface area contributed by atoms with Crippen molar-refractivity contribution >= 4 is 23.5 Å². The molecule has 0 aliphatic carbocycles. The zero-order chi connectivity index (χ0) is 18.1. The average Bonchev–Trinajstić information content (AvgIpc) is 2.57. The van der Waals surface area contributed by atoms with Crippen LogP contribution in [0.2, 0.25) is 0 Å². The number of ether oxygens (including phenoxy) is 1. The van der Waals surface area contributed by atoms with Crippen LogP contribution in [0.1, 0.15) is 13.3 Å². The minimum absolute atomic E-state index is 0.133. The maximum Gasteiger partial charge on any atom is 0.490 e. The van der Waals surface area contributed by atoms with Crippen LogP contribution in [-0.2, 0) is 31.6 Å². The molecule has 1 heterocycles. The van der Waals surface area contributed by atoms with Crippen molar-refractivity contribution in [1.82, 2.24) is 0 Å². The fraction of sp³-hybridized carbons (Fsp3) is 1.00. The minimum atomic E-state index is -5.58. The normalized spacial score (nSPS) is 34.0. The second kappa shape index (κ2) is 7.27. The Hall–Kier alpha value is 0.290. The number of hydrogen-bond donors (Lipinski definition) is 6. The highest BCUT2D eigenvalue weighted by Crippen LogP contribution is 2.66. The van der Waals surface area contributed by atoms with Crippen molar-refractivity contribution in [3.05, 3.63) is 0 Å². The van der Waals surface area contributed by atoms with E-state index >= 15 is 0 Å². The summed E-state index contributed by atoms with van der Waals surface area (Å²) in [5.41, 5.74) is 3.85. The monoisotopic (exact) mass is 401 g/mol. The van der Waals surface area contributed by atoms with Crippen molar-refractivity contribution in [3.63, 3.8) is 0 Å². The minimum Gasteiger partial charge on any atom is -0.386 e. The Labute approximate surface area is 130 Å². The maximum absolute atomic E-state index is 11.5. The van der Waals surface area contributed by atoms with Crippen LogP contribution in [0.3, 0.4) is 0 Å². The molecule has 1 aliphatic heterocycles. The summed E-state index contributed by atoms with van der Waals surface area (Å²) in [6.45, 7) is 0.648. The first kappa shape index (κ1) is 21.3. The van der Waals surface area contributed by atoms with Crippen LogP contribution in [0.15, 0.2) is 0 Å². The van der Waals surface area contributed by atoms with Crippen LogP contribution in [0.5, 0.6) is 0 Å². The van der Waals surface area contributed by atoms with Gasteiger partial charge in [-0.2, -0.15) is 8.62 Å². The molecule has 1 aliphatic rings. The SMILES string of the molecule is C[C@H]1CC(O)(CN)[C@@H](COP(=O)(O)OP(=O)(O)OP(=O)(O)O)O1. The Morgan fingerprint density at radius 3 is 2.22 bits per heavy atom. The van der Waals surface area contributed by atoms with Crippen LogP contribution in [-0.4, -0.2) is 55.6 Å². The first-order valence-corrected chi connectivity index (χ1v) is 10.6. The highest BCUT2D eigenvalue weighted by molar-refractivity contribution is 7.66. The Morgan fingerprint density at radius 2 is 1.74 bits per heavy atom. The lowest BCUT2D eigenvalue weighted by atomic mass is 9.94. The molecule has 0 amide bonds. The third-order valence-corrected chi connectivity index (χ3v) is 6.60. The molecule has 5 atom stereocenters. The summed E-state index contributed by atoms with van der Waals surface area (Å²) < 4.78 is 49.9. The molecule has 0 spiro atoms. The third-order valence-electron chi connectivity index (χ3n) is 2.80. The van der Waals surface area contributed by atoms with E-state index in [0.29, 0.717) is 0 Å². The van der Waals surface area contributed by atoms with E-state index in [1.807, 2.05) is 0 Å². The van der Waals surface area contributed by atoms with E-state index in [1.54, 1.807) is 6.92 Å². The van der Waals surface area contributed by atoms with Crippen molar-refractivity contribution < 1.29 is 56.3 Å². The molecule has 0 saturated carbocycles. The van der Waals surface area contributed by atoms with E-state index in [0.717, 1.165) is 0 Å². The van der Waals surface area contributed by atoms with Crippen molar-refractivity contribution in [3.8, 4) is 0 Å². The fourth-order valence-electron chi connectivity index (χ4n) is 1.96. The zero-order valence-corrected chi connectivity index (χ0v) is 14.5. The van der Waals surface area contributed by atoms with Crippen LogP contribution in [0.4, 0.5) is 0 Å². The highest BCUT2D eigenvalue weighted by Gasteiger charge is 2.47. The molecule has 13 nitrogen and oxygen atoms in total. The highest BCUT2D eigenvalue weighted by atomic mass is 31.3. The standard InChI is InChI=1S/C7H18NO12P3/c1-5-2-7(9,4-8)6(18-5)3-17-22(13,14)20-23(15,16)19-21(10,11)12/h5-6,9H,2-4,8H2,1H3,(H,13,14)(H,15,16)(H2,10,11,12)/t5-,6+,7?/m0/s1. The van der Waals surface area contributed by atoms with Gasteiger partial charge in [0.25, 0.3) is 0 Å². The van der Waals surface area contributed by atoms with Gasteiger partial charge in [0, 0.05) is 13.0 Å². The van der Waals surface area contributed by atoms with Gasteiger partial charge >= 0.3 is 23.5 Å². The lowest BCUT2D eigenvalue weighted by molar-refractivity contribution is -0.0633. The van der Waals surface area contributed by atoms with Crippen LogP contribution >= 0.6 is 23.5 Å². The summed E-state index contributed by atoms with van der Waals surface area (Å²) in [6.07, 6.45) is -1.40. The second-order valence-corrected chi connectivity index (χ2v) is 9.25. The van der Waals surface area contributed by atoms with Gasteiger partial charge in [-0.25, -0.2) is 13.7 Å². The molecule has 138 valence electrons. The number of aliphatic hydroxyl groups is 1. The van der Waals surface area contributed by atoms with Crippen LogP contribution in [0, 0.1) is 0 Å². The first-order valence-electron chi connectivity index (χ1n) is 6.04. The van der Waals surface area contributed by atoms with E-state index in [1.165, 1.54) is 0 Å². The Bertz CT molecular complexity index is 563. The van der Waals surface area contributed by atoms with Gasteiger partial charge in [0.2, 0.25) is 0 Å². The van der Waals surface area contributed by atoms with Gasteiger partial charge in [-0.1, -0.05) is 0 Å². The van der Waals surface area contributed by atoms with Crippen molar-refractivity contribution in [2.45, 2.75) is 31.2 Å². The summed E-state index contributed by atoms with van der Waals surface area (Å²) in [7, 11) is -16.3. The summed E-state index contributed by atoms with van der Waals surface area (Å²) in [6, 6.07) is 0. The Kier molecular flexibility index (Phi) is 6.74. The van der Waals surface area contributed by atoms with Crippen molar-refractivity contribution in [2.75, 3.05) is 13.2 Å². The van der Waals surface area contributed by atoms with Crippen molar-refractivity contribution in [2.24, 2.45) is 5.73 Å². The smallest absolute Gasteiger partial charge is 0.386 e. The van der Waals surface area contributed by atoms with E-state index < -0.39 is 47.9 Å². The molecule has 1 saturated heterocycles. The van der Waals surface area contributed by atoms with Gasteiger partial charge in [0.1, 0.15) is 11.7 Å². The van der Waals surface area contributed by atoms with Gasteiger partial charge in [0.05, 0.1) is 12.7 Å². The number of phosphoric acid groups is 3. The second-order valence-electron chi connectivity index (χ2n) is 4.83. The molecule has 3 unspecified atom stereocenters. The van der Waals surface area contributed by atoms with Crippen molar-refractivity contribution in [1.29, 1.82) is 0 Å². The lowest BCUT2D eigenvalue weighted by Crippen LogP contribution is -2.47. The third kappa shape index (κ3) is 6.97. The van der Waals surface area contributed by atoms with Gasteiger partial charge in [-0.15, -0.1) is 0 Å².